The maximum atomic E-state index is 11.8. The molecule has 0 aromatic carbocycles. The number of aromatic nitrogens is 3. The fourth-order valence-electron chi connectivity index (χ4n) is 2.76. The molecule has 2 atom stereocenters. The fraction of sp³-hybridized carbons (Fsp3) is 0.733. The van der Waals surface area contributed by atoms with Gasteiger partial charge < -0.3 is 19.5 Å². The SMILES string of the molecule is CCNC(=NCc1nnc(C)n1C)N1CC(C)C(C(=O)OC)C1.I. The molecule has 2 heterocycles. The molecule has 1 N–H and O–H groups in total. The summed E-state index contributed by atoms with van der Waals surface area (Å²) in [5, 5.41) is 11.5. The van der Waals surface area contributed by atoms with Crippen LogP contribution < -0.4 is 5.32 Å². The Morgan fingerprint density at radius 1 is 1.42 bits per heavy atom. The number of nitrogens with zero attached hydrogens (tertiary/aromatic N) is 5. The van der Waals surface area contributed by atoms with Gasteiger partial charge >= 0.3 is 5.97 Å². The number of guanidine groups is 1. The number of carbonyl (C=O) groups is 1. The Hall–Kier alpha value is -1.39. The molecule has 0 bridgehead atoms. The van der Waals surface area contributed by atoms with Crippen LogP contribution >= 0.6 is 24.0 Å². The minimum absolute atomic E-state index is 0. The number of hydrogen-bond acceptors (Lipinski definition) is 5. The van der Waals surface area contributed by atoms with Crippen molar-refractivity contribution >= 4 is 35.9 Å². The van der Waals surface area contributed by atoms with E-state index in [0.29, 0.717) is 13.1 Å². The van der Waals surface area contributed by atoms with Crippen LogP contribution in [0.5, 0.6) is 0 Å². The van der Waals surface area contributed by atoms with Crippen LogP contribution in [0.15, 0.2) is 4.99 Å². The van der Waals surface area contributed by atoms with Crippen LogP contribution in [0.1, 0.15) is 25.5 Å². The molecular formula is C15H27IN6O2. The molecule has 1 aromatic rings. The molecule has 2 rings (SSSR count). The van der Waals surface area contributed by atoms with E-state index in [0.717, 1.165) is 30.7 Å². The summed E-state index contributed by atoms with van der Waals surface area (Å²) in [5.41, 5.74) is 0. The van der Waals surface area contributed by atoms with Gasteiger partial charge in [-0.3, -0.25) is 4.79 Å². The number of methoxy groups -OCH3 is 1. The lowest BCUT2D eigenvalue weighted by Crippen LogP contribution is -2.40. The highest BCUT2D eigenvalue weighted by atomic mass is 127. The van der Waals surface area contributed by atoms with Crippen molar-refractivity contribution in [3.8, 4) is 0 Å². The van der Waals surface area contributed by atoms with Gasteiger partial charge in [0.2, 0.25) is 0 Å². The lowest BCUT2D eigenvalue weighted by molar-refractivity contribution is -0.145. The van der Waals surface area contributed by atoms with E-state index in [4.69, 9.17) is 4.74 Å². The van der Waals surface area contributed by atoms with Gasteiger partial charge in [-0.2, -0.15) is 0 Å². The van der Waals surface area contributed by atoms with Crippen molar-refractivity contribution < 1.29 is 9.53 Å². The first-order chi connectivity index (χ1) is 11.0. The lowest BCUT2D eigenvalue weighted by atomic mass is 9.99. The smallest absolute Gasteiger partial charge is 0.310 e. The largest absolute Gasteiger partial charge is 0.469 e. The number of nitrogens with one attached hydrogen (secondary N) is 1. The first kappa shape index (κ1) is 20.7. The van der Waals surface area contributed by atoms with Crippen LogP contribution in [0.3, 0.4) is 0 Å². The van der Waals surface area contributed by atoms with Gasteiger partial charge in [0.1, 0.15) is 12.4 Å². The second-order valence-electron chi connectivity index (χ2n) is 5.90. The van der Waals surface area contributed by atoms with E-state index in [1.165, 1.54) is 7.11 Å². The van der Waals surface area contributed by atoms with Gasteiger partial charge in [0.15, 0.2) is 11.8 Å². The second kappa shape index (κ2) is 9.19. The van der Waals surface area contributed by atoms with Gasteiger partial charge in [-0.15, -0.1) is 34.2 Å². The van der Waals surface area contributed by atoms with Crippen LogP contribution in [0.4, 0.5) is 0 Å². The first-order valence-corrected chi connectivity index (χ1v) is 7.93. The number of rotatable bonds is 4. The Labute approximate surface area is 160 Å². The molecule has 0 aliphatic carbocycles. The number of likely N-dealkylation sites (tertiary alicyclic amines) is 1. The molecular weight excluding hydrogens is 423 g/mol. The summed E-state index contributed by atoms with van der Waals surface area (Å²) in [6, 6.07) is 0. The van der Waals surface area contributed by atoms with Crippen LogP contribution in [0, 0.1) is 18.8 Å². The van der Waals surface area contributed by atoms with E-state index in [-0.39, 0.29) is 41.8 Å². The molecule has 2 unspecified atom stereocenters. The molecule has 0 spiro atoms. The van der Waals surface area contributed by atoms with Crippen LogP contribution in [0.2, 0.25) is 0 Å². The standard InChI is InChI=1S/C15H26N6O2.HI/c1-6-16-15(17-7-13-19-18-11(3)20(13)4)21-8-10(2)12(9-21)14(22)23-5;/h10,12H,6-9H2,1-5H3,(H,16,17);1H. The third kappa shape index (κ3) is 4.58. The van der Waals surface area contributed by atoms with Gasteiger partial charge in [0.25, 0.3) is 0 Å². The molecule has 9 heteroatoms. The number of aryl methyl sites for hydroxylation is 1. The number of ether oxygens (including phenoxy) is 1. The second-order valence-corrected chi connectivity index (χ2v) is 5.90. The Balaban J connectivity index is 0.00000288. The van der Waals surface area contributed by atoms with Crippen LogP contribution in [-0.4, -0.2) is 58.3 Å². The molecule has 1 aromatic heterocycles. The zero-order chi connectivity index (χ0) is 17.0. The zero-order valence-corrected chi connectivity index (χ0v) is 17.3. The number of hydrogen-bond donors (Lipinski definition) is 1. The Kier molecular flexibility index (Phi) is 7.91. The molecule has 1 aliphatic rings. The Bertz CT molecular complexity index is 589. The molecule has 136 valence electrons. The maximum absolute atomic E-state index is 11.8. The maximum Gasteiger partial charge on any atom is 0.310 e. The summed E-state index contributed by atoms with van der Waals surface area (Å²) in [4.78, 5) is 18.6. The molecule has 0 saturated carbocycles. The number of esters is 1. The summed E-state index contributed by atoms with van der Waals surface area (Å²) in [6.07, 6.45) is 0. The van der Waals surface area contributed by atoms with Gasteiger partial charge in [-0.1, -0.05) is 6.92 Å². The van der Waals surface area contributed by atoms with Gasteiger partial charge in [-0.05, 0) is 19.8 Å². The number of carbonyl (C=O) groups excluding carboxylic acids is 1. The molecule has 8 nitrogen and oxygen atoms in total. The molecule has 1 saturated heterocycles. The molecule has 0 radical (unpaired) electrons. The van der Waals surface area contributed by atoms with Crippen LogP contribution in [0.25, 0.3) is 0 Å². The van der Waals surface area contributed by atoms with Crippen molar-refractivity contribution in [2.75, 3.05) is 26.7 Å². The minimum atomic E-state index is -0.153. The van der Waals surface area contributed by atoms with Crippen molar-refractivity contribution in [1.82, 2.24) is 25.0 Å². The quantitative estimate of drug-likeness (QED) is 0.318. The number of aliphatic imine (C=N–C) groups is 1. The Morgan fingerprint density at radius 3 is 2.67 bits per heavy atom. The van der Waals surface area contributed by atoms with Crippen molar-refractivity contribution in [3.05, 3.63) is 11.6 Å². The molecule has 0 amide bonds. The van der Waals surface area contributed by atoms with Crippen molar-refractivity contribution in [2.45, 2.75) is 27.3 Å². The van der Waals surface area contributed by atoms with Gasteiger partial charge in [-0.25, -0.2) is 4.99 Å². The topological polar surface area (TPSA) is 84.6 Å². The lowest BCUT2D eigenvalue weighted by Gasteiger charge is -2.21. The third-order valence-electron chi connectivity index (χ3n) is 4.30. The molecule has 1 aliphatic heterocycles. The summed E-state index contributed by atoms with van der Waals surface area (Å²) in [6.45, 7) is 8.63. The van der Waals surface area contributed by atoms with E-state index in [1.807, 2.05) is 25.5 Å². The monoisotopic (exact) mass is 450 g/mol. The third-order valence-corrected chi connectivity index (χ3v) is 4.30. The predicted molar refractivity (Wildman–Crippen MR) is 102 cm³/mol. The van der Waals surface area contributed by atoms with Crippen molar-refractivity contribution in [1.29, 1.82) is 0 Å². The Morgan fingerprint density at radius 2 is 2.12 bits per heavy atom. The van der Waals surface area contributed by atoms with E-state index in [2.05, 4.69) is 32.3 Å². The first-order valence-electron chi connectivity index (χ1n) is 7.93. The highest BCUT2D eigenvalue weighted by molar-refractivity contribution is 14.0. The van der Waals surface area contributed by atoms with Gasteiger partial charge in [0.05, 0.1) is 13.0 Å². The predicted octanol–water partition coefficient (Wildman–Crippen LogP) is 0.948. The summed E-state index contributed by atoms with van der Waals surface area (Å²) in [5.74, 6) is 2.45. The summed E-state index contributed by atoms with van der Waals surface area (Å²) >= 11 is 0. The minimum Gasteiger partial charge on any atom is -0.469 e. The fourth-order valence-corrected chi connectivity index (χ4v) is 2.76. The van der Waals surface area contributed by atoms with Crippen molar-refractivity contribution in [2.24, 2.45) is 23.9 Å². The normalized spacial score (nSPS) is 20.7. The van der Waals surface area contributed by atoms with E-state index in [9.17, 15) is 4.79 Å². The average Bonchev–Trinajstić information content (AvgIpc) is 3.07. The van der Waals surface area contributed by atoms with Crippen LogP contribution in [-0.2, 0) is 23.1 Å². The van der Waals surface area contributed by atoms with Crippen molar-refractivity contribution in [3.63, 3.8) is 0 Å². The van der Waals surface area contributed by atoms with E-state index in [1.54, 1.807) is 0 Å². The summed E-state index contributed by atoms with van der Waals surface area (Å²) in [7, 11) is 3.37. The molecule has 1 fully saturated rings. The zero-order valence-electron chi connectivity index (χ0n) is 14.9. The average molecular weight is 450 g/mol. The summed E-state index contributed by atoms with van der Waals surface area (Å²) < 4.78 is 6.82. The number of halogens is 1. The van der Waals surface area contributed by atoms with E-state index < -0.39 is 0 Å². The van der Waals surface area contributed by atoms with Gasteiger partial charge in [0, 0.05) is 26.7 Å². The highest BCUT2D eigenvalue weighted by Gasteiger charge is 2.36. The van der Waals surface area contributed by atoms with E-state index >= 15 is 0 Å². The molecule has 24 heavy (non-hydrogen) atoms. The highest BCUT2D eigenvalue weighted by Crippen LogP contribution is 2.24.